The van der Waals surface area contributed by atoms with Crippen molar-refractivity contribution in [1.82, 2.24) is 15.0 Å². The van der Waals surface area contributed by atoms with Crippen molar-refractivity contribution in [3.63, 3.8) is 0 Å². The van der Waals surface area contributed by atoms with E-state index in [2.05, 4.69) is 102 Å². The van der Waals surface area contributed by atoms with Crippen LogP contribution in [-0.4, -0.2) is 15.0 Å². The van der Waals surface area contributed by atoms with Crippen molar-refractivity contribution in [3.8, 4) is 45.7 Å². The molecule has 9 rings (SSSR count). The number of anilines is 3. The predicted molar refractivity (Wildman–Crippen MR) is 203 cm³/mol. The second-order valence-corrected chi connectivity index (χ2v) is 14.1. The number of fused-ring (bicyclic) bond motifs is 2. The van der Waals surface area contributed by atoms with Crippen LogP contribution in [0.4, 0.5) is 17.1 Å². The van der Waals surface area contributed by atoms with Crippen LogP contribution in [0.1, 0.15) is 87.2 Å². The fourth-order valence-corrected chi connectivity index (χ4v) is 8.19. The highest BCUT2D eigenvalue weighted by molar-refractivity contribution is 5.86. The quantitative estimate of drug-likeness (QED) is 0.179. The Morgan fingerprint density at radius 2 is 0.800 bits per heavy atom. The number of para-hydroxylation sites is 4. The molecule has 248 valence electrons. The van der Waals surface area contributed by atoms with Crippen LogP contribution < -0.4 is 9.64 Å². The molecule has 1 aliphatic heterocycles. The van der Waals surface area contributed by atoms with Crippen LogP contribution in [0.15, 0.2) is 121 Å². The lowest BCUT2D eigenvalue weighted by Crippen LogP contribution is -2.15. The summed E-state index contributed by atoms with van der Waals surface area (Å²) in [6.07, 6.45) is 13.2. The van der Waals surface area contributed by atoms with Crippen molar-refractivity contribution in [2.45, 2.75) is 76.0 Å². The van der Waals surface area contributed by atoms with Crippen LogP contribution >= 0.6 is 0 Å². The van der Waals surface area contributed by atoms with Gasteiger partial charge in [-0.25, -0.2) is 15.0 Å². The zero-order valence-electron chi connectivity index (χ0n) is 28.5. The molecule has 3 aliphatic rings. The van der Waals surface area contributed by atoms with Crippen LogP contribution in [0, 0.1) is 0 Å². The average molecular weight is 655 g/mol. The van der Waals surface area contributed by atoms with Crippen molar-refractivity contribution < 1.29 is 4.74 Å². The molecule has 0 spiro atoms. The van der Waals surface area contributed by atoms with Gasteiger partial charge in [-0.05, 0) is 97.2 Å². The summed E-state index contributed by atoms with van der Waals surface area (Å²) in [6.45, 7) is 0. The zero-order chi connectivity index (χ0) is 33.3. The van der Waals surface area contributed by atoms with Crippen LogP contribution in [0.25, 0.3) is 34.2 Å². The van der Waals surface area contributed by atoms with Crippen molar-refractivity contribution in [2.24, 2.45) is 0 Å². The second kappa shape index (κ2) is 13.5. The molecule has 2 aliphatic carbocycles. The lowest BCUT2D eigenvalue weighted by Gasteiger charge is -2.32. The number of hydrogen-bond acceptors (Lipinski definition) is 5. The van der Waals surface area contributed by atoms with Crippen molar-refractivity contribution >= 4 is 17.1 Å². The number of ether oxygens (including phenoxy) is 1. The molecular weight excluding hydrogens is 613 g/mol. The molecule has 0 bridgehead atoms. The summed E-state index contributed by atoms with van der Waals surface area (Å²) >= 11 is 0. The van der Waals surface area contributed by atoms with Gasteiger partial charge in [-0.2, -0.15) is 0 Å². The summed E-state index contributed by atoms with van der Waals surface area (Å²) in [5, 5.41) is 0. The van der Waals surface area contributed by atoms with E-state index in [0.29, 0.717) is 29.3 Å². The van der Waals surface area contributed by atoms with Crippen molar-refractivity contribution in [1.29, 1.82) is 0 Å². The minimum Gasteiger partial charge on any atom is -0.453 e. The third-order valence-corrected chi connectivity index (χ3v) is 10.9. The Balaban J connectivity index is 1.08. The van der Waals surface area contributed by atoms with E-state index in [1.165, 1.54) is 75.3 Å². The van der Waals surface area contributed by atoms with Gasteiger partial charge in [0.25, 0.3) is 0 Å². The molecule has 5 aromatic carbocycles. The van der Waals surface area contributed by atoms with Crippen molar-refractivity contribution in [3.05, 3.63) is 132 Å². The Bertz CT molecular complexity index is 1970. The molecule has 2 fully saturated rings. The second-order valence-electron chi connectivity index (χ2n) is 14.1. The first-order valence-electron chi connectivity index (χ1n) is 18.5. The topological polar surface area (TPSA) is 51.1 Å². The third-order valence-electron chi connectivity index (χ3n) is 10.9. The molecule has 0 radical (unpaired) electrons. The van der Waals surface area contributed by atoms with Gasteiger partial charge >= 0.3 is 0 Å². The summed E-state index contributed by atoms with van der Waals surface area (Å²) < 4.78 is 6.25. The highest BCUT2D eigenvalue weighted by atomic mass is 16.5. The first kappa shape index (κ1) is 30.7. The van der Waals surface area contributed by atoms with Crippen LogP contribution in [0.2, 0.25) is 0 Å². The lowest BCUT2D eigenvalue weighted by molar-refractivity contribution is 0.443. The van der Waals surface area contributed by atoms with Gasteiger partial charge in [0.1, 0.15) is 0 Å². The monoisotopic (exact) mass is 654 g/mol. The molecule has 0 unspecified atom stereocenters. The SMILES string of the molecule is c1ccc2c(c1)Oc1ccccc1N2c1ccc(-c2nc(-c3ccc(C4CCCCC4)cc3)nc(-c3ccc(C4CCCCC4)cc3)n2)cc1. The molecular formula is C45H42N4O. The van der Waals surface area contributed by atoms with E-state index in [0.717, 1.165) is 45.3 Å². The lowest BCUT2D eigenvalue weighted by atomic mass is 9.84. The van der Waals surface area contributed by atoms with E-state index < -0.39 is 0 Å². The third kappa shape index (κ3) is 6.06. The maximum Gasteiger partial charge on any atom is 0.164 e. The van der Waals surface area contributed by atoms with Crippen LogP contribution in [-0.2, 0) is 0 Å². The molecule has 6 aromatic rings. The molecule has 0 saturated heterocycles. The molecule has 50 heavy (non-hydrogen) atoms. The molecule has 0 N–H and O–H groups in total. The summed E-state index contributed by atoms with van der Waals surface area (Å²) in [6, 6.07) is 42.9. The maximum atomic E-state index is 6.25. The summed E-state index contributed by atoms with van der Waals surface area (Å²) in [7, 11) is 0. The Morgan fingerprint density at radius 3 is 1.22 bits per heavy atom. The Labute approximate surface area is 295 Å². The van der Waals surface area contributed by atoms with Crippen LogP contribution in [0.5, 0.6) is 11.5 Å². The number of benzene rings is 5. The minimum absolute atomic E-state index is 0.661. The summed E-state index contributed by atoms with van der Waals surface area (Å²) in [5.41, 5.74) is 8.92. The maximum absolute atomic E-state index is 6.25. The summed E-state index contributed by atoms with van der Waals surface area (Å²) in [5.74, 6) is 5.08. The molecule has 5 heteroatoms. The first-order chi connectivity index (χ1) is 24.8. The predicted octanol–water partition coefficient (Wildman–Crippen LogP) is 12.5. The van der Waals surface area contributed by atoms with Gasteiger partial charge < -0.3 is 9.64 Å². The smallest absolute Gasteiger partial charge is 0.164 e. The highest BCUT2D eigenvalue weighted by Crippen LogP contribution is 2.50. The Morgan fingerprint density at radius 1 is 0.420 bits per heavy atom. The van der Waals surface area contributed by atoms with Crippen LogP contribution in [0.3, 0.4) is 0 Å². The van der Waals surface area contributed by atoms with E-state index in [-0.39, 0.29) is 0 Å². The zero-order valence-corrected chi connectivity index (χ0v) is 28.5. The van der Waals surface area contributed by atoms with Crippen molar-refractivity contribution in [2.75, 3.05) is 4.90 Å². The molecule has 2 saturated carbocycles. The number of hydrogen-bond donors (Lipinski definition) is 0. The number of nitrogens with zero attached hydrogens (tertiary/aromatic N) is 4. The van der Waals surface area contributed by atoms with Gasteiger partial charge in [-0.15, -0.1) is 0 Å². The largest absolute Gasteiger partial charge is 0.453 e. The van der Waals surface area contributed by atoms with Gasteiger partial charge in [0, 0.05) is 22.4 Å². The number of aromatic nitrogens is 3. The normalized spacial score (nSPS) is 16.4. The Hall–Kier alpha value is -5.29. The van der Waals surface area contributed by atoms with Gasteiger partial charge in [0.15, 0.2) is 29.0 Å². The molecule has 0 atom stereocenters. The molecule has 1 aromatic heterocycles. The van der Waals surface area contributed by atoms with E-state index in [9.17, 15) is 0 Å². The van der Waals surface area contributed by atoms with E-state index >= 15 is 0 Å². The standard InChI is InChI=1S/C45H42N4O/c1-3-11-31(12-4-1)33-19-23-35(24-20-33)43-46-44(36-25-21-34(22-26-36)32-13-5-2-6-14-32)48-45(47-43)37-27-29-38(30-28-37)49-39-15-7-9-17-41(39)50-42-18-10-8-16-40(42)49/h7-10,15-32H,1-6,11-14H2. The van der Waals surface area contributed by atoms with Gasteiger partial charge in [-0.1, -0.05) is 111 Å². The molecule has 0 amide bonds. The van der Waals surface area contributed by atoms with E-state index in [4.69, 9.17) is 19.7 Å². The first-order valence-corrected chi connectivity index (χ1v) is 18.5. The fourth-order valence-electron chi connectivity index (χ4n) is 8.19. The molecule has 2 heterocycles. The van der Waals surface area contributed by atoms with Gasteiger partial charge in [0.05, 0.1) is 11.4 Å². The summed E-state index contributed by atoms with van der Waals surface area (Å²) in [4.78, 5) is 17.5. The van der Waals surface area contributed by atoms with Gasteiger partial charge in [0.2, 0.25) is 0 Å². The average Bonchev–Trinajstić information content (AvgIpc) is 3.20. The minimum atomic E-state index is 0.661. The number of rotatable bonds is 6. The highest BCUT2D eigenvalue weighted by Gasteiger charge is 2.25. The Kier molecular flexibility index (Phi) is 8.33. The van der Waals surface area contributed by atoms with E-state index in [1.54, 1.807) is 0 Å². The molecule has 5 nitrogen and oxygen atoms in total. The fraction of sp³-hybridized carbons (Fsp3) is 0.267. The van der Waals surface area contributed by atoms with E-state index in [1.807, 2.05) is 24.3 Å². The van der Waals surface area contributed by atoms with Gasteiger partial charge in [-0.3, -0.25) is 0 Å².